The van der Waals surface area contributed by atoms with E-state index in [4.69, 9.17) is 11.6 Å². The molecule has 0 aromatic heterocycles. The standard InChI is InChI=1S/C16H16ClNOS/c1-2-16(19)18-14-5-3-4-6-15(14)20-11-12-7-9-13(17)10-8-12/h3-10H,2,11H2,1H3,(H,18,19). The number of thioether (sulfide) groups is 1. The van der Waals surface area contributed by atoms with Gasteiger partial charge in [0.2, 0.25) is 5.91 Å². The number of anilines is 1. The Balaban J connectivity index is 2.05. The highest BCUT2D eigenvalue weighted by molar-refractivity contribution is 7.98. The Morgan fingerprint density at radius 1 is 1.15 bits per heavy atom. The monoisotopic (exact) mass is 305 g/mol. The Morgan fingerprint density at radius 3 is 2.55 bits per heavy atom. The Morgan fingerprint density at radius 2 is 1.85 bits per heavy atom. The number of para-hydroxylation sites is 1. The van der Waals surface area contributed by atoms with Crippen molar-refractivity contribution >= 4 is 35.0 Å². The number of benzene rings is 2. The topological polar surface area (TPSA) is 29.1 Å². The number of rotatable bonds is 5. The first-order valence-corrected chi connectivity index (χ1v) is 7.81. The van der Waals surface area contributed by atoms with Crippen molar-refractivity contribution < 1.29 is 4.79 Å². The van der Waals surface area contributed by atoms with Crippen molar-refractivity contribution in [1.29, 1.82) is 0 Å². The van der Waals surface area contributed by atoms with Gasteiger partial charge in [-0.1, -0.05) is 42.8 Å². The molecule has 0 heterocycles. The number of amides is 1. The zero-order valence-corrected chi connectivity index (χ0v) is 12.8. The predicted molar refractivity (Wildman–Crippen MR) is 86.4 cm³/mol. The van der Waals surface area contributed by atoms with E-state index in [2.05, 4.69) is 5.32 Å². The second kappa shape index (κ2) is 7.36. The van der Waals surface area contributed by atoms with Gasteiger partial charge in [-0.15, -0.1) is 11.8 Å². The third kappa shape index (κ3) is 4.29. The van der Waals surface area contributed by atoms with Crippen molar-refractivity contribution in [3.05, 3.63) is 59.1 Å². The van der Waals surface area contributed by atoms with Crippen LogP contribution in [-0.2, 0) is 10.5 Å². The predicted octanol–water partition coefficient (Wildman–Crippen LogP) is 4.98. The molecule has 0 fully saturated rings. The molecular formula is C16H16ClNOS. The molecule has 0 aliphatic carbocycles. The summed E-state index contributed by atoms with van der Waals surface area (Å²) in [5.74, 6) is 0.875. The van der Waals surface area contributed by atoms with E-state index in [-0.39, 0.29) is 5.91 Å². The van der Waals surface area contributed by atoms with Gasteiger partial charge in [-0.3, -0.25) is 4.79 Å². The van der Waals surface area contributed by atoms with Gasteiger partial charge in [0, 0.05) is 22.1 Å². The van der Waals surface area contributed by atoms with Gasteiger partial charge in [0.1, 0.15) is 0 Å². The molecule has 0 atom stereocenters. The minimum absolute atomic E-state index is 0.0320. The minimum atomic E-state index is 0.0320. The molecule has 2 rings (SSSR count). The van der Waals surface area contributed by atoms with Crippen LogP contribution in [0.1, 0.15) is 18.9 Å². The van der Waals surface area contributed by atoms with Gasteiger partial charge >= 0.3 is 0 Å². The van der Waals surface area contributed by atoms with Crippen molar-refractivity contribution in [2.24, 2.45) is 0 Å². The van der Waals surface area contributed by atoms with Gasteiger partial charge in [-0.05, 0) is 29.8 Å². The summed E-state index contributed by atoms with van der Waals surface area (Å²) in [6, 6.07) is 15.7. The molecule has 2 nitrogen and oxygen atoms in total. The van der Waals surface area contributed by atoms with Gasteiger partial charge < -0.3 is 5.32 Å². The number of halogens is 1. The molecule has 0 saturated heterocycles. The molecule has 0 spiro atoms. The lowest BCUT2D eigenvalue weighted by Gasteiger charge is -2.10. The lowest BCUT2D eigenvalue weighted by atomic mass is 10.2. The van der Waals surface area contributed by atoms with Crippen molar-refractivity contribution in [2.75, 3.05) is 5.32 Å². The maximum Gasteiger partial charge on any atom is 0.224 e. The number of carbonyl (C=O) groups excluding carboxylic acids is 1. The fourth-order valence-electron chi connectivity index (χ4n) is 1.68. The van der Waals surface area contributed by atoms with Gasteiger partial charge in [0.15, 0.2) is 0 Å². The normalized spacial score (nSPS) is 10.3. The summed E-state index contributed by atoms with van der Waals surface area (Å²) < 4.78 is 0. The summed E-state index contributed by atoms with van der Waals surface area (Å²) in [7, 11) is 0. The highest BCUT2D eigenvalue weighted by atomic mass is 35.5. The average molecular weight is 306 g/mol. The molecule has 20 heavy (non-hydrogen) atoms. The van der Waals surface area contributed by atoms with Crippen LogP contribution >= 0.6 is 23.4 Å². The molecule has 2 aromatic carbocycles. The minimum Gasteiger partial charge on any atom is -0.325 e. The van der Waals surface area contributed by atoms with E-state index in [1.807, 2.05) is 55.5 Å². The average Bonchev–Trinajstić information content (AvgIpc) is 2.48. The first-order valence-electron chi connectivity index (χ1n) is 6.45. The molecular weight excluding hydrogens is 290 g/mol. The molecule has 1 amide bonds. The van der Waals surface area contributed by atoms with Crippen LogP contribution in [0.4, 0.5) is 5.69 Å². The van der Waals surface area contributed by atoms with Crippen LogP contribution in [0.2, 0.25) is 5.02 Å². The van der Waals surface area contributed by atoms with Crippen LogP contribution in [0, 0.1) is 0 Å². The fourth-order valence-corrected chi connectivity index (χ4v) is 2.77. The summed E-state index contributed by atoms with van der Waals surface area (Å²) >= 11 is 7.57. The van der Waals surface area contributed by atoms with Crippen molar-refractivity contribution in [2.45, 2.75) is 24.0 Å². The van der Waals surface area contributed by atoms with Crippen molar-refractivity contribution in [1.82, 2.24) is 0 Å². The van der Waals surface area contributed by atoms with Crippen molar-refractivity contribution in [3.63, 3.8) is 0 Å². The Kier molecular flexibility index (Phi) is 5.50. The summed E-state index contributed by atoms with van der Waals surface area (Å²) in [6.45, 7) is 1.85. The largest absolute Gasteiger partial charge is 0.325 e. The second-order valence-electron chi connectivity index (χ2n) is 4.31. The van der Waals surface area contributed by atoms with Crippen LogP contribution in [0.5, 0.6) is 0 Å². The van der Waals surface area contributed by atoms with Crippen LogP contribution in [0.3, 0.4) is 0 Å². The fraction of sp³-hybridized carbons (Fsp3) is 0.188. The van der Waals surface area contributed by atoms with E-state index in [0.29, 0.717) is 6.42 Å². The molecule has 0 saturated carbocycles. The molecule has 4 heteroatoms. The second-order valence-corrected chi connectivity index (χ2v) is 5.77. The number of hydrogen-bond donors (Lipinski definition) is 1. The van der Waals surface area contributed by atoms with Crippen LogP contribution in [-0.4, -0.2) is 5.91 Å². The third-order valence-electron chi connectivity index (χ3n) is 2.79. The lowest BCUT2D eigenvalue weighted by Crippen LogP contribution is -2.10. The van der Waals surface area contributed by atoms with Gasteiger partial charge in [-0.2, -0.15) is 0 Å². The smallest absolute Gasteiger partial charge is 0.224 e. The number of carbonyl (C=O) groups is 1. The summed E-state index contributed by atoms with van der Waals surface area (Å²) in [5, 5.41) is 3.67. The van der Waals surface area contributed by atoms with E-state index in [0.717, 1.165) is 21.4 Å². The highest BCUT2D eigenvalue weighted by Crippen LogP contribution is 2.30. The lowest BCUT2D eigenvalue weighted by molar-refractivity contribution is -0.115. The SMILES string of the molecule is CCC(=O)Nc1ccccc1SCc1ccc(Cl)cc1. The van der Waals surface area contributed by atoms with E-state index in [9.17, 15) is 4.79 Å². The Labute approximate surface area is 128 Å². The highest BCUT2D eigenvalue weighted by Gasteiger charge is 2.05. The van der Waals surface area contributed by atoms with E-state index in [1.54, 1.807) is 11.8 Å². The first-order chi connectivity index (χ1) is 9.69. The van der Waals surface area contributed by atoms with E-state index >= 15 is 0 Å². The maximum atomic E-state index is 11.5. The van der Waals surface area contributed by atoms with Gasteiger partial charge in [-0.25, -0.2) is 0 Å². The van der Waals surface area contributed by atoms with E-state index < -0.39 is 0 Å². The Hall–Kier alpha value is -1.45. The molecule has 2 aromatic rings. The van der Waals surface area contributed by atoms with Crippen molar-refractivity contribution in [3.8, 4) is 0 Å². The zero-order valence-electron chi connectivity index (χ0n) is 11.2. The molecule has 0 unspecified atom stereocenters. The first kappa shape index (κ1) is 14.9. The summed E-state index contributed by atoms with van der Waals surface area (Å²) in [5.41, 5.74) is 2.08. The number of nitrogens with one attached hydrogen (secondary N) is 1. The molecule has 0 aliphatic heterocycles. The molecule has 1 N–H and O–H groups in total. The van der Waals surface area contributed by atoms with Crippen LogP contribution < -0.4 is 5.32 Å². The summed E-state index contributed by atoms with van der Waals surface area (Å²) in [6.07, 6.45) is 0.482. The molecule has 0 aliphatic rings. The van der Waals surface area contributed by atoms with E-state index in [1.165, 1.54) is 5.56 Å². The molecule has 104 valence electrons. The molecule has 0 bridgehead atoms. The van der Waals surface area contributed by atoms with Gasteiger partial charge in [0.05, 0.1) is 5.69 Å². The Bertz CT molecular complexity index is 583. The van der Waals surface area contributed by atoms with Crippen LogP contribution in [0.25, 0.3) is 0 Å². The third-order valence-corrected chi connectivity index (χ3v) is 4.19. The van der Waals surface area contributed by atoms with Gasteiger partial charge in [0.25, 0.3) is 0 Å². The van der Waals surface area contributed by atoms with Crippen LogP contribution in [0.15, 0.2) is 53.4 Å². The molecule has 0 radical (unpaired) electrons. The number of hydrogen-bond acceptors (Lipinski definition) is 2. The zero-order chi connectivity index (χ0) is 14.4. The maximum absolute atomic E-state index is 11.5. The quantitative estimate of drug-likeness (QED) is 0.789. The summed E-state index contributed by atoms with van der Waals surface area (Å²) in [4.78, 5) is 12.6.